The molecule has 0 N–H and O–H groups in total. The molecule has 0 fully saturated rings. The van der Waals surface area contributed by atoms with Gasteiger partial charge in [0.05, 0.1) is 0 Å². The Morgan fingerprint density at radius 1 is 1.00 bits per heavy atom. The fourth-order valence-electron chi connectivity index (χ4n) is 1.27. The van der Waals surface area contributed by atoms with Crippen LogP contribution >= 0.6 is 0 Å². The van der Waals surface area contributed by atoms with Crippen LogP contribution in [0.3, 0.4) is 0 Å². The zero-order valence-corrected chi connectivity index (χ0v) is 9.42. The van der Waals surface area contributed by atoms with Gasteiger partial charge in [-0.2, -0.15) is 0 Å². The lowest BCUT2D eigenvalue weighted by molar-refractivity contribution is 0.298. The third-order valence-corrected chi connectivity index (χ3v) is 2.09. The Balaban J connectivity index is 3.19. The van der Waals surface area contributed by atoms with Crippen LogP contribution in [-0.2, 0) is 0 Å². The highest BCUT2D eigenvalue weighted by Gasteiger charge is 1.97. The maximum absolute atomic E-state index is 3.72. The van der Waals surface area contributed by atoms with Crippen LogP contribution in [0.25, 0.3) is 0 Å². The Labute approximate surface area is 83.2 Å². The minimum Gasteiger partial charge on any atom is -0.309 e. The zero-order valence-electron chi connectivity index (χ0n) is 9.42. The van der Waals surface area contributed by atoms with Crippen molar-refractivity contribution < 1.29 is 0 Å². The SMILES string of the molecule is C=CCCCN(C)CCCN(C)C. The Bertz CT molecular complexity index is 121. The number of rotatable bonds is 8. The van der Waals surface area contributed by atoms with Crippen LogP contribution in [0.5, 0.6) is 0 Å². The number of hydrogen-bond acceptors (Lipinski definition) is 2. The summed E-state index contributed by atoms with van der Waals surface area (Å²) in [6.45, 7) is 7.30. The van der Waals surface area contributed by atoms with Gasteiger partial charge in [-0.3, -0.25) is 0 Å². The molecule has 0 aromatic carbocycles. The minimum absolute atomic E-state index is 1.14. The molecule has 0 aliphatic heterocycles. The summed E-state index contributed by atoms with van der Waals surface area (Å²) in [5, 5.41) is 0. The van der Waals surface area contributed by atoms with Gasteiger partial charge in [-0.15, -0.1) is 6.58 Å². The first-order valence-corrected chi connectivity index (χ1v) is 5.11. The molecule has 78 valence electrons. The summed E-state index contributed by atoms with van der Waals surface area (Å²) in [4.78, 5) is 4.63. The van der Waals surface area contributed by atoms with Crippen molar-refractivity contribution in [2.45, 2.75) is 19.3 Å². The van der Waals surface area contributed by atoms with E-state index in [0.29, 0.717) is 0 Å². The van der Waals surface area contributed by atoms with E-state index < -0.39 is 0 Å². The summed E-state index contributed by atoms with van der Waals surface area (Å²) in [7, 11) is 6.44. The second-order valence-electron chi connectivity index (χ2n) is 3.89. The van der Waals surface area contributed by atoms with Gasteiger partial charge in [-0.05, 0) is 60.0 Å². The van der Waals surface area contributed by atoms with Crippen LogP contribution in [0.2, 0.25) is 0 Å². The fourth-order valence-corrected chi connectivity index (χ4v) is 1.27. The summed E-state index contributed by atoms with van der Waals surface area (Å²) in [6, 6.07) is 0. The van der Waals surface area contributed by atoms with Gasteiger partial charge < -0.3 is 9.80 Å². The van der Waals surface area contributed by atoms with E-state index in [2.05, 4.69) is 37.5 Å². The number of unbranched alkanes of at least 4 members (excludes halogenated alkanes) is 1. The van der Waals surface area contributed by atoms with E-state index in [1.807, 2.05) is 6.08 Å². The Morgan fingerprint density at radius 2 is 1.62 bits per heavy atom. The summed E-state index contributed by atoms with van der Waals surface area (Å²) < 4.78 is 0. The van der Waals surface area contributed by atoms with Crippen molar-refractivity contribution in [1.82, 2.24) is 9.80 Å². The molecular formula is C11H24N2. The second kappa shape index (κ2) is 8.27. The molecular weight excluding hydrogens is 160 g/mol. The molecule has 0 heterocycles. The topological polar surface area (TPSA) is 6.48 Å². The minimum atomic E-state index is 1.14. The van der Waals surface area contributed by atoms with Gasteiger partial charge in [0.1, 0.15) is 0 Å². The van der Waals surface area contributed by atoms with Crippen LogP contribution in [0.4, 0.5) is 0 Å². The van der Waals surface area contributed by atoms with Gasteiger partial charge in [-0.1, -0.05) is 6.08 Å². The standard InChI is InChI=1S/C11H24N2/c1-5-6-7-10-13(4)11-8-9-12(2)3/h5H,1,6-11H2,2-4H3. The highest BCUT2D eigenvalue weighted by atomic mass is 15.1. The first-order valence-electron chi connectivity index (χ1n) is 5.11. The van der Waals surface area contributed by atoms with Crippen molar-refractivity contribution in [1.29, 1.82) is 0 Å². The molecule has 0 amide bonds. The summed E-state index contributed by atoms with van der Waals surface area (Å²) in [5.74, 6) is 0. The summed E-state index contributed by atoms with van der Waals surface area (Å²) in [6.07, 6.45) is 5.63. The Morgan fingerprint density at radius 3 is 2.15 bits per heavy atom. The quantitative estimate of drug-likeness (QED) is 0.419. The van der Waals surface area contributed by atoms with Crippen LogP contribution in [-0.4, -0.2) is 50.6 Å². The summed E-state index contributed by atoms with van der Waals surface area (Å²) >= 11 is 0. The maximum atomic E-state index is 3.72. The summed E-state index contributed by atoms with van der Waals surface area (Å²) in [5.41, 5.74) is 0. The monoisotopic (exact) mass is 184 g/mol. The highest BCUT2D eigenvalue weighted by Crippen LogP contribution is 1.95. The molecule has 0 saturated heterocycles. The van der Waals surface area contributed by atoms with Crippen LogP contribution in [0.1, 0.15) is 19.3 Å². The van der Waals surface area contributed by atoms with Gasteiger partial charge in [0, 0.05) is 0 Å². The predicted octanol–water partition coefficient (Wildman–Crippen LogP) is 1.84. The van der Waals surface area contributed by atoms with Crippen molar-refractivity contribution in [3.05, 3.63) is 12.7 Å². The Kier molecular flexibility index (Phi) is 8.05. The molecule has 0 spiro atoms. The third-order valence-electron chi connectivity index (χ3n) is 2.09. The maximum Gasteiger partial charge on any atom is -0.000960 e. The number of nitrogens with zero attached hydrogens (tertiary/aromatic N) is 2. The van der Waals surface area contributed by atoms with Gasteiger partial charge in [0.25, 0.3) is 0 Å². The van der Waals surface area contributed by atoms with Crippen molar-refractivity contribution in [2.24, 2.45) is 0 Å². The van der Waals surface area contributed by atoms with Crippen LogP contribution in [0.15, 0.2) is 12.7 Å². The van der Waals surface area contributed by atoms with Crippen LogP contribution < -0.4 is 0 Å². The lowest BCUT2D eigenvalue weighted by atomic mass is 10.3. The predicted molar refractivity (Wildman–Crippen MR) is 60.1 cm³/mol. The average molecular weight is 184 g/mol. The van der Waals surface area contributed by atoms with Crippen molar-refractivity contribution in [2.75, 3.05) is 40.8 Å². The third kappa shape index (κ3) is 9.57. The molecule has 0 bridgehead atoms. The molecule has 2 heteroatoms. The molecule has 0 unspecified atom stereocenters. The molecule has 0 atom stereocenters. The van der Waals surface area contributed by atoms with Gasteiger partial charge >= 0.3 is 0 Å². The molecule has 0 aliphatic carbocycles. The molecule has 2 nitrogen and oxygen atoms in total. The zero-order chi connectivity index (χ0) is 10.1. The van der Waals surface area contributed by atoms with E-state index in [-0.39, 0.29) is 0 Å². The van der Waals surface area contributed by atoms with Gasteiger partial charge in [-0.25, -0.2) is 0 Å². The molecule has 0 rings (SSSR count). The van der Waals surface area contributed by atoms with Crippen molar-refractivity contribution >= 4 is 0 Å². The lowest BCUT2D eigenvalue weighted by Gasteiger charge is -2.17. The van der Waals surface area contributed by atoms with E-state index in [1.165, 1.54) is 32.5 Å². The smallest absolute Gasteiger partial charge is 0.000960 e. The van der Waals surface area contributed by atoms with Gasteiger partial charge in [0.2, 0.25) is 0 Å². The average Bonchev–Trinajstić information content (AvgIpc) is 2.04. The van der Waals surface area contributed by atoms with E-state index in [0.717, 1.165) is 6.42 Å². The second-order valence-corrected chi connectivity index (χ2v) is 3.89. The number of hydrogen-bond donors (Lipinski definition) is 0. The molecule has 0 radical (unpaired) electrons. The first-order chi connectivity index (χ1) is 6.16. The normalized spacial score (nSPS) is 11.2. The molecule has 13 heavy (non-hydrogen) atoms. The van der Waals surface area contributed by atoms with E-state index in [1.54, 1.807) is 0 Å². The lowest BCUT2D eigenvalue weighted by Crippen LogP contribution is -2.24. The largest absolute Gasteiger partial charge is 0.309 e. The van der Waals surface area contributed by atoms with E-state index >= 15 is 0 Å². The highest BCUT2D eigenvalue weighted by molar-refractivity contribution is 4.66. The molecule has 0 saturated carbocycles. The fraction of sp³-hybridized carbons (Fsp3) is 0.818. The Hall–Kier alpha value is -0.340. The number of allylic oxidation sites excluding steroid dienone is 1. The molecule has 0 aromatic heterocycles. The van der Waals surface area contributed by atoms with Crippen molar-refractivity contribution in [3.8, 4) is 0 Å². The molecule has 0 aromatic rings. The van der Waals surface area contributed by atoms with Crippen LogP contribution in [0, 0.1) is 0 Å². The van der Waals surface area contributed by atoms with Crippen molar-refractivity contribution in [3.63, 3.8) is 0 Å². The van der Waals surface area contributed by atoms with E-state index in [9.17, 15) is 0 Å². The van der Waals surface area contributed by atoms with Gasteiger partial charge in [0.15, 0.2) is 0 Å². The first kappa shape index (κ1) is 12.7. The molecule has 0 aliphatic rings. The van der Waals surface area contributed by atoms with E-state index in [4.69, 9.17) is 0 Å².